The van der Waals surface area contributed by atoms with Crippen LogP contribution >= 0.6 is 24.0 Å². The Balaban J connectivity index is 0.00000320. The maximum atomic E-state index is 11.6. The van der Waals surface area contributed by atoms with Crippen molar-refractivity contribution in [2.45, 2.75) is 45.1 Å². The fourth-order valence-electron chi connectivity index (χ4n) is 3.95. The molecule has 2 aromatic rings. The summed E-state index contributed by atoms with van der Waals surface area (Å²) in [4.78, 5) is 11.6. The standard InChI is InChI=1S/C24H30ClNO3.ClH/c1-2-29-24(28)11-8-17-6-9-19-10-7-18(13-21(19)12-17)15-26-16-23(27)20-4-3-5-22(25)14-20;/h3-6,9,12,14,18,23,26-27H,2,7-8,10-11,13,15-16H2,1H3;1H. The van der Waals surface area contributed by atoms with Gasteiger partial charge in [-0.25, -0.2) is 0 Å². The first-order valence-electron chi connectivity index (χ1n) is 10.5. The average Bonchev–Trinajstić information content (AvgIpc) is 2.72. The summed E-state index contributed by atoms with van der Waals surface area (Å²) in [5, 5.41) is 14.4. The van der Waals surface area contributed by atoms with Crippen molar-refractivity contribution in [3.63, 3.8) is 0 Å². The van der Waals surface area contributed by atoms with E-state index in [1.165, 1.54) is 16.7 Å². The number of carbonyl (C=O) groups is 1. The molecule has 2 aromatic carbocycles. The Labute approximate surface area is 190 Å². The Morgan fingerprint density at radius 2 is 2.10 bits per heavy atom. The molecule has 0 radical (unpaired) electrons. The number of aryl methyl sites for hydroxylation is 2. The maximum Gasteiger partial charge on any atom is 0.306 e. The second-order valence-corrected chi connectivity index (χ2v) is 8.18. The summed E-state index contributed by atoms with van der Waals surface area (Å²) in [5.41, 5.74) is 4.84. The lowest BCUT2D eigenvalue weighted by atomic mass is 9.82. The minimum atomic E-state index is -0.556. The van der Waals surface area contributed by atoms with E-state index in [9.17, 15) is 9.90 Å². The monoisotopic (exact) mass is 451 g/mol. The van der Waals surface area contributed by atoms with E-state index in [4.69, 9.17) is 16.3 Å². The van der Waals surface area contributed by atoms with E-state index in [1.807, 2.05) is 31.2 Å². The first-order chi connectivity index (χ1) is 14.0. The van der Waals surface area contributed by atoms with Crippen LogP contribution in [0.4, 0.5) is 0 Å². The van der Waals surface area contributed by atoms with E-state index in [0.29, 0.717) is 30.5 Å². The van der Waals surface area contributed by atoms with Gasteiger partial charge in [-0.3, -0.25) is 4.79 Å². The first kappa shape index (κ1) is 24.7. The zero-order valence-electron chi connectivity index (χ0n) is 17.4. The fourth-order valence-corrected chi connectivity index (χ4v) is 4.15. The van der Waals surface area contributed by atoms with Gasteiger partial charge in [0.05, 0.1) is 12.7 Å². The summed E-state index contributed by atoms with van der Waals surface area (Å²) in [6.07, 6.45) is 3.86. The number of benzene rings is 2. The van der Waals surface area contributed by atoms with E-state index >= 15 is 0 Å². The molecule has 0 saturated heterocycles. The number of esters is 1. The molecule has 0 saturated carbocycles. The van der Waals surface area contributed by atoms with Crippen molar-refractivity contribution in [1.82, 2.24) is 5.32 Å². The highest BCUT2D eigenvalue weighted by Gasteiger charge is 2.19. The molecule has 3 rings (SSSR count). The Morgan fingerprint density at radius 3 is 2.87 bits per heavy atom. The normalized spacial score (nSPS) is 16.3. The van der Waals surface area contributed by atoms with Crippen molar-refractivity contribution in [2.75, 3.05) is 19.7 Å². The third kappa shape index (κ3) is 7.28. The zero-order valence-corrected chi connectivity index (χ0v) is 19.0. The van der Waals surface area contributed by atoms with Crippen LogP contribution in [0, 0.1) is 5.92 Å². The number of carbonyl (C=O) groups excluding carboxylic acids is 1. The van der Waals surface area contributed by atoms with Crippen LogP contribution in [0.15, 0.2) is 42.5 Å². The summed E-state index contributed by atoms with van der Waals surface area (Å²) in [6, 6.07) is 14.0. The number of fused-ring (bicyclic) bond motifs is 1. The summed E-state index contributed by atoms with van der Waals surface area (Å²) in [5.74, 6) is 0.417. The molecule has 2 atom stereocenters. The largest absolute Gasteiger partial charge is 0.466 e. The van der Waals surface area contributed by atoms with Gasteiger partial charge in [0.2, 0.25) is 0 Å². The Hall–Kier alpha value is -1.59. The van der Waals surface area contributed by atoms with Gasteiger partial charge in [-0.05, 0) is 79.5 Å². The number of aliphatic hydroxyl groups excluding tert-OH is 1. The lowest BCUT2D eigenvalue weighted by Crippen LogP contribution is -2.30. The maximum absolute atomic E-state index is 11.6. The smallest absolute Gasteiger partial charge is 0.306 e. The van der Waals surface area contributed by atoms with Gasteiger partial charge in [-0.15, -0.1) is 12.4 Å². The molecule has 30 heavy (non-hydrogen) atoms. The highest BCUT2D eigenvalue weighted by molar-refractivity contribution is 6.30. The molecule has 0 aromatic heterocycles. The molecule has 4 nitrogen and oxygen atoms in total. The summed E-state index contributed by atoms with van der Waals surface area (Å²) >= 11 is 6.00. The van der Waals surface area contributed by atoms with Gasteiger partial charge in [0.1, 0.15) is 0 Å². The van der Waals surface area contributed by atoms with Crippen LogP contribution in [0.1, 0.15) is 48.1 Å². The van der Waals surface area contributed by atoms with Gasteiger partial charge in [-0.2, -0.15) is 0 Å². The number of hydrogen-bond acceptors (Lipinski definition) is 4. The molecule has 6 heteroatoms. The van der Waals surface area contributed by atoms with Crippen LogP contribution in [-0.2, 0) is 28.8 Å². The lowest BCUT2D eigenvalue weighted by molar-refractivity contribution is -0.143. The molecule has 0 amide bonds. The molecule has 0 fully saturated rings. The molecule has 0 bridgehead atoms. The summed E-state index contributed by atoms with van der Waals surface area (Å²) in [7, 11) is 0. The van der Waals surface area contributed by atoms with Crippen molar-refractivity contribution in [1.29, 1.82) is 0 Å². The molecule has 2 N–H and O–H groups in total. The van der Waals surface area contributed by atoms with Gasteiger partial charge in [0.15, 0.2) is 0 Å². The first-order valence-corrected chi connectivity index (χ1v) is 10.8. The minimum Gasteiger partial charge on any atom is -0.466 e. The second kappa shape index (κ2) is 12.3. The fraction of sp³-hybridized carbons (Fsp3) is 0.458. The number of nitrogens with one attached hydrogen (secondary N) is 1. The zero-order chi connectivity index (χ0) is 20.6. The molecular weight excluding hydrogens is 421 g/mol. The number of rotatable bonds is 9. The van der Waals surface area contributed by atoms with Gasteiger partial charge in [0.25, 0.3) is 0 Å². The van der Waals surface area contributed by atoms with E-state index in [2.05, 4.69) is 23.5 Å². The van der Waals surface area contributed by atoms with Gasteiger partial charge < -0.3 is 15.2 Å². The van der Waals surface area contributed by atoms with E-state index in [0.717, 1.165) is 37.8 Å². The van der Waals surface area contributed by atoms with Gasteiger partial charge in [0, 0.05) is 18.0 Å². The molecule has 0 aliphatic heterocycles. The SMILES string of the molecule is CCOC(=O)CCc1ccc2c(c1)CC(CNCC(O)c1cccc(Cl)c1)CC2.Cl. The molecule has 164 valence electrons. The van der Waals surface area contributed by atoms with Crippen LogP contribution in [0.25, 0.3) is 0 Å². The highest BCUT2D eigenvalue weighted by atomic mass is 35.5. The van der Waals surface area contributed by atoms with Crippen LogP contribution in [-0.4, -0.2) is 30.8 Å². The van der Waals surface area contributed by atoms with E-state index < -0.39 is 6.10 Å². The lowest BCUT2D eigenvalue weighted by Gasteiger charge is -2.26. The number of hydrogen-bond donors (Lipinski definition) is 2. The van der Waals surface area contributed by atoms with Crippen LogP contribution in [0.2, 0.25) is 5.02 Å². The number of aliphatic hydroxyl groups is 1. The van der Waals surface area contributed by atoms with Crippen LogP contribution in [0.5, 0.6) is 0 Å². The molecule has 1 aliphatic rings. The third-order valence-electron chi connectivity index (χ3n) is 5.53. The Morgan fingerprint density at radius 1 is 1.27 bits per heavy atom. The van der Waals surface area contributed by atoms with Gasteiger partial charge in [-0.1, -0.05) is 41.9 Å². The number of ether oxygens (including phenoxy) is 1. The highest BCUT2D eigenvalue weighted by Crippen LogP contribution is 2.27. The molecule has 2 unspecified atom stereocenters. The predicted octanol–water partition coefficient (Wildman–Crippen LogP) is 4.69. The number of halogens is 2. The van der Waals surface area contributed by atoms with Crippen molar-refractivity contribution in [3.05, 3.63) is 69.7 Å². The van der Waals surface area contributed by atoms with Crippen molar-refractivity contribution in [3.8, 4) is 0 Å². The molecular formula is C24H31Cl2NO3. The minimum absolute atomic E-state index is 0. The van der Waals surface area contributed by atoms with Gasteiger partial charge >= 0.3 is 5.97 Å². The average molecular weight is 452 g/mol. The summed E-state index contributed by atoms with van der Waals surface area (Å²) < 4.78 is 5.02. The van der Waals surface area contributed by atoms with Crippen molar-refractivity contribution < 1.29 is 14.6 Å². The summed E-state index contributed by atoms with van der Waals surface area (Å²) in [6.45, 7) is 3.66. The molecule has 1 aliphatic carbocycles. The topological polar surface area (TPSA) is 58.6 Å². The second-order valence-electron chi connectivity index (χ2n) is 7.75. The predicted molar refractivity (Wildman–Crippen MR) is 123 cm³/mol. The quantitative estimate of drug-likeness (QED) is 0.543. The third-order valence-corrected chi connectivity index (χ3v) is 5.76. The molecule has 0 heterocycles. The van der Waals surface area contributed by atoms with Crippen molar-refractivity contribution in [2.24, 2.45) is 5.92 Å². The molecule has 0 spiro atoms. The van der Waals surface area contributed by atoms with Crippen LogP contribution < -0.4 is 5.32 Å². The Kier molecular flexibility index (Phi) is 10.1. The van der Waals surface area contributed by atoms with Crippen molar-refractivity contribution >= 4 is 30.0 Å². The van der Waals surface area contributed by atoms with Crippen LogP contribution in [0.3, 0.4) is 0 Å². The van der Waals surface area contributed by atoms with E-state index in [1.54, 1.807) is 0 Å². The van der Waals surface area contributed by atoms with E-state index in [-0.39, 0.29) is 18.4 Å². The Bertz CT molecular complexity index is 828.